The standard InChI is InChI=1S/C22H21F6N3O2/c1-20(2,3)18-12-30(15-7-8-17(29-10-15)22(26,27)28)19(33)31(18)11-16(32)13-5-4-6-14(9-13)21(23,24)25/h4-10,18H,11-12H2,1-3H3/t18-/m1/s1. The van der Waals surface area contributed by atoms with Crippen LogP contribution in [0.1, 0.15) is 42.4 Å². The van der Waals surface area contributed by atoms with Crippen LogP contribution in [0.2, 0.25) is 0 Å². The van der Waals surface area contributed by atoms with Crippen LogP contribution < -0.4 is 4.90 Å². The van der Waals surface area contributed by atoms with Gasteiger partial charge in [-0.15, -0.1) is 0 Å². The van der Waals surface area contributed by atoms with Gasteiger partial charge >= 0.3 is 18.4 Å². The van der Waals surface area contributed by atoms with Gasteiger partial charge in [0.25, 0.3) is 0 Å². The van der Waals surface area contributed by atoms with E-state index in [0.717, 1.165) is 36.5 Å². The molecule has 5 nitrogen and oxygen atoms in total. The summed E-state index contributed by atoms with van der Waals surface area (Å²) in [4.78, 5) is 31.7. The third-order valence-corrected chi connectivity index (χ3v) is 5.38. The van der Waals surface area contributed by atoms with E-state index in [1.54, 1.807) is 0 Å². The highest BCUT2D eigenvalue weighted by molar-refractivity contribution is 6.02. The van der Waals surface area contributed by atoms with Crippen molar-refractivity contribution >= 4 is 17.5 Å². The van der Waals surface area contributed by atoms with E-state index >= 15 is 0 Å². The molecule has 0 spiro atoms. The lowest BCUT2D eigenvalue weighted by atomic mass is 9.86. The number of carbonyl (C=O) groups excluding carboxylic acids is 2. The van der Waals surface area contributed by atoms with E-state index in [9.17, 15) is 35.9 Å². The Bertz CT molecular complexity index is 1040. The average molecular weight is 473 g/mol. The summed E-state index contributed by atoms with van der Waals surface area (Å²) in [6.07, 6.45) is -8.33. The fourth-order valence-corrected chi connectivity index (χ4v) is 3.60. The summed E-state index contributed by atoms with van der Waals surface area (Å²) in [5.41, 5.74) is -2.69. The first-order valence-corrected chi connectivity index (χ1v) is 9.91. The highest BCUT2D eigenvalue weighted by atomic mass is 19.4. The number of alkyl halides is 6. The van der Waals surface area contributed by atoms with E-state index in [1.807, 2.05) is 20.8 Å². The molecule has 11 heteroatoms. The van der Waals surface area contributed by atoms with E-state index in [4.69, 9.17) is 0 Å². The molecule has 0 unspecified atom stereocenters. The van der Waals surface area contributed by atoms with E-state index < -0.39 is 53.4 Å². The zero-order valence-corrected chi connectivity index (χ0v) is 18.0. The Morgan fingerprint density at radius 1 is 1.03 bits per heavy atom. The van der Waals surface area contributed by atoms with Gasteiger partial charge in [-0.05, 0) is 29.7 Å². The lowest BCUT2D eigenvalue weighted by Crippen LogP contribution is -2.45. The highest BCUT2D eigenvalue weighted by Gasteiger charge is 2.45. The minimum atomic E-state index is -4.63. The molecule has 33 heavy (non-hydrogen) atoms. The van der Waals surface area contributed by atoms with Crippen molar-refractivity contribution in [2.24, 2.45) is 5.41 Å². The van der Waals surface area contributed by atoms with Crippen LogP contribution in [-0.2, 0) is 12.4 Å². The fourth-order valence-electron chi connectivity index (χ4n) is 3.60. The van der Waals surface area contributed by atoms with Crippen molar-refractivity contribution in [2.75, 3.05) is 18.0 Å². The first kappa shape index (κ1) is 24.5. The second-order valence-corrected chi connectivity index (χ2v) is 8.80. The minimum Gasteiger partial charge on any atom is -0.311 e. The highest BCUT2D eigenvalue weighted by Crippen LogP contribution is 2.35. The molecule has 3 rings (SSSR count). The van der Waals surface area contributed by atoms with Gasteiger partial charge < -0.3 is 4.90 Å². The maximum absolute atomic E-state index is 13.1. The van der Waals surface area contributed by atoms with Crippen molar-refractivity contribution in [3.05, 3.63) is 59.4 Å². The monoisotopic (exact) mass is 473 g/mol. The fraction of sp³-hybridized carbons (Fsp3) is 0.409. The second kappa shape index (κ2) is 8.35. The summed E-state index contributed by atoms with van der Waals surface area (Å²) in [6, 6.07) is 4.63. The van der Waals surface area contributed by atoms with Crippen LogP contribution in [0.4, 0.5) is 36.8 Å². The normalized spacial score (nSPS) is 17.6. The number of benzene rings is 1. The maximum atomic E-state index is 13.1. The van der Waals surface area contributed by atoms with Crippen molar-refractivity contribution < 1.29 is 35.9 Å². The van der Waals surface area contributed by atoms with Gasteiger partial charge in [0, 0.05) is 12.1 Å². The number of halogens is 6. The van der Waals surface area contributed by atoms with Crippen molar-refractivity contribution in [2.45, 2.75) is 39.2 Å². The van der Waals surface area contributed by atoms with Gasteiger partial charge in [-0.1, -0.05) is 32.9 Å². The third kappa shape index (κ3) is 5.28. The molecule has 1 aliphatic rings. The van der Waals surface area contributed by atoms with E-state index in [0.29, 0.717) is 0 Å². The van der Waals surface area contributed by atoms with Crippen LogP contribution in [0.25, 0.3) is 0 Å². The summed E-state index contributed by atoms with van der Waals surface area (Å²) in [5.74, 6) is -0.684. The van der Waals surface area contributed by atoms with Crippen molar-refractivity contribution in [1.82, 2.24) is 9.88 Å². The third-order valence-electron chi connectivity index (χ3n) is 5.38. The first-order chi connectivity index (χ1) is 15.1. The number of nitrogens with zero attached hydrogens (tertiary/aromatic N) is 3. The molecular formula is C22H21F6N3O2. The summed E-state index contributed by atoms with van der Waals surface area (Å²) in [5, 5.41) is 0. The molecule has 1 aromatic heterocycles. The molecule has 0 N–H and O–H groups in total. The van der Waals surface area contributed by atoms with Gasteiger partial charge in [-0.3, -0.25) is 9.69 Å². The average Bonchev–Trinajstić information content (AvgIpc) is 3.03. The zero-order valence-electron chi connectivity index (χ0n) is 18.0. The number of ketones is 1. The molecule has 1 aromatic carbocycles. The van der Waals surface area contributed by atoms with E-state index in [-0.39, 0.29) is 17.8 Å². The van der Waals surface area contributed by atoms with Crippen LogP contribution in [0.15, 0.2) is 42.6 Å². The van der Waals surface area contributed by atoms with Crippen LogP contribution in [-0.4, -0.2) is 40.8 Å². The van der Waals surface area contributed by atoms with Crippen molar-refractivity contribution in [3.8, 4) is 0 Å². The van der Waals surface area contributed by atoms with Crippen LogP contribution in [0.3, 0.4) is 0 Å². The van der Waals surface area contributed by atoms with E-state index in [1.165, 1.54) is 15.9 Å². The largest absolute Gasteiger partial charge is 0.433 e. The first-order valence-electron chi connectivity index (χ1n) is 9.91. The number of aromatic nitrogens is 1. The molecule has 0 aliphatic carbocycles. The number of rotatable bonds is 4. The predicted molar refractivity (Wildman–Crippen MR) is 108 cm³/mol. The Balaban J connectivity index is 1.87. The number of Topliss-reactive ketones (excluding diaryl/α,β-unsaturated/α-hetero) is 1. The predicted octanol–water partition coefficient (Wildman–Crippen LogP) is 5.66. The van der Waals surface area contributed by atoms with Crippen LogP contribution in [0.5, 0.6) is 0 Å². The number of carbonyl (C=O) groups is 2. The number of pyridine rings is 1. The molecule has 1 fully saturated rings. The quantitative estimate of drug-likeness (QED) is 0.426. The molecule has 1 aliphatic heterocycles. The number of hydrogen-bond donors (Lipinski definition) is 0. The smallest absolute Gasteiger partial charge is 0.311 e. The minimum absolute atomic E-state index is 0.0747. The topological polar surface area (TPSA) is 53.5 Å². The van der Waals surface area contributed by atoms with Gasteiger partial charge in [0.05, 0.1) is 30.0 Å². The van der Waals surface area contributed by atoms with Gasteiger partial charge in [-0.25, -0.2) is 9.78 Å². The second-order valence-electron chi connectivity index (χ2n) is 8.80. The number of hydrogen-bond acceptors (Lipinski definition) is 3. The zero-order chi connectivity index (χ0) is 24.8. The molecule has 1 saturated heterocycles. The van der Waals surface area contributed by atoms with Crippen molar-refractivity contribution in [1.29, 1.82) is 0 Å². The Labute approximate surface area is 186 Å². The molecular weight excluding hydrogens is 452 g/mol. The van der Waals surface area contributed by atoms with Gasteiger partial charge in [0.15, 0.2) is 5.78 Å². The maximum Gasteiger partial charge on any atom is 0.433 e. The summed E-state index contributed by atoms with van der Waals surface area (Å²) < 4.78 is 77.4. The van der Waals surface area contributed by atoms with E-state index in [2.05, 4.69) is 4.98 Å². The Morgan fingerprint density at radius 3 is 2.21 bits per heavy atom. The van der Waals surface area contributed by atoms with Crippen molar-refractivity contribution in [3.63, 3.8) is 0 Å². The summed E-state index contributed by atoms with van der Waals surface area (Å²) >= 11 is 0. The molecule has 1 atom stereocenters. The molecule has 2 aromatic rings. The lowest BCUT2D eigenvalue weighted by Gasteiger charge is -2.33. The number of anilines is 1. The molecule has 178 valence electrons. The molecule has 0 saturated carbocycles. The van der Waals surface area contributed by atoms with Crippen LogP contribution >= 0.6 is 0 Å². The Hall–Kier alpha value is -3.11. The van der Waals surface area contributed by atoms with Gasteiger partial charge in [0.1, 0.15) is 5.69 Å². The van der Waals surface area contributed by atoms with Crippen LogP contribution in [0, 0.1) is 5.41 Å². The number of amides is 2. The van der Waals surface area contributed by atoms with Gasteiger partial charge in [-0.2, -0.15) is 26.3 Å². The summed E-state index contributed by atoms with van der Waals surface area (Å²) in [7, 11) is 0. The molecule has 2 heterocycles. The Kier molecular flexibility index (Phi) is 6.20. The SMILES string of the molecule is CC(C)(C)[C@H]1CN(c2ccc(C(F)(F)F)nc2)C(=O)N1CC(=O)c1cccc(C(F)(F)F)c1. The number of urea groups is 1. The lowest BCUT2D eigenvalue weighted by molar-refractivity contribution is -0.141. The molecule has 0 bridgehead atoms. The summed E-state index contributed by atoms with van der Waals surface area (Å²) in [6.45, 7) is 5.06. The Morgan fingerprint density at radius 2 is 1.70 bits per heavy atom. The molecule has 0 radical (unpaired) electrons. The molecule has 2 amide bonds. The van der Waals surface area contributed by atoms with Gasteiger partial charge in [0.2, 0.25) is 0 Å².